The molecule has 17 heavy (non-hydrogen) atoms. The van der Waals surface area contributed by atoms with Crippen molar-refractivity contribution in [2.45, 2.75) is 33.2 Å². The van der Waals surface area contributed by atoms with Gasteiger partial charge in [0.1, 0.15) is 0 Å². The molecule has 3 N–H and O–H groups in total. The van der Waals surface area contributed by atoms with E-state index < -0.39 is 11.0 Å². The molecule has 1 aromatic carbocycles. The number of benzene rings is 1. The van der Waals surface area contributed by atoms with Gasteiger partial charge in [0.05, 0.1) is 5.41 Å². The molecular weight excluding hydrogens is 236 g/mol. The van der Waals surface area contributed by atoms with Crippen molar-refractivity contribution in [3.63, 3.8) is 0 Å². The summed E-state index contributed by atoms with van der Waals surface area (Å²) in [6.45, 7) is 7.35. The highest BCUT2D eigenvalue weighted by atomic mass is 35.5. The van der Waals surface area contributed by atoms with Crippen molar-refractivity contribution in [3.8, 4) is 0 Å². The Morgan fingerprint density at radius 3 is 2.06 bits per heavy atom. The van der Waals surface area contributed by atoms with Gasteiger partial charge in [-0.2, -0.15) is 0 Å². The van der Waals surface area contributed by atoms with Gasteiger partial charge in [0.15, 0.2) is 0 Å². The van der Waals surface area contributed by atoms with Gasteiger partial charge in [-0.1, -0.05) is 11.6 Å². The van der Waals surface area contributed by atoms with Crippen LogP contribution in [0.3, 0.4) is 0 Å². The number of carbonyl (C=O) groups is 1. The van der Waals surface area contributed by atoms with Gasteiger partial charge in [0.2, 0.25) is 5.91 Å². The third kappa shape index (κ3) is 3.20. The van der Waals surface area contributed by atoms with E-state index in [0.717, 1.165) is 5.69 Å². The Labute approximate surface area is 107 Å². The molecule has 1 aromatic rings. The quantitative estimate of drug-likeness (QED) is 0.871. The van der Waals surface area contributed by atoms with Crippen LogP contribution in [0.4, 0.5) is 5.69 Å². The van der Waals surface area contributed by atoms with Crippen molar-refractivity contribution >= 4 is 23.2 Å². The summed E-state index contributed by atoms with van der Waals surface area (Å²) in [5, 5.41) is 3.48. The van der Waals surface area contributed by atoms with Crippen LogP contribution in [0.1, 0.15) is 27.7 Å². The molecule has 0 saturated heterocycles. The number of hydrogen-bond donors (Lipinski definition) is 2. The van der Waals surface area contributed by atoms with Crippen molar-refractivity contribution in [3.05, 3.63) is 29.3 Å². The zero-order chi connectivity index (χ0) is 13.3. The van der Waals surface area contributed by atoms with Crippen LogP contribution in [0.2, 0.25) is 5.02 Å². The van der Waals surface area contributed by atoms with Crippen molar-refractivity contribution in [2.75, 3.05) is 5.32 Å². The second-order valence-corrected chi connectivity index (χ2v) is 5.74. The van der Waals surface area contributed by atoms with Crippen LogP contribution in [0, 0.1) is 5.41 Å². The molecule has 0 heterocycles. The van der Waals surface area contributed by atoms with Gasteiger partial charge in [-0.15, -0.1) is 0 Å². The third-order valence-corrected chi connectivity index (χ3v) is 3.53. The molecule has 3 nitrogen and oxygen atoms in total. The first kappa shape index (κ1) is 14.0. The van der Waals surface area contributed by atoms with Gasteiger partial charge in [0.25, 0.3) is 0 Å². The number of amides is 1. The maximum Gasteiger partial charge on any atom is 0.231 e. The summed E-state index contributed by atoms with van der Waals surface area (Å²) in [5.41, 5.74) is 5.48. The van der Waals surface area contributed by atoms with E-state index in [2.05, 4.69) is 5.32 Å². The second kappa shape index (κ2) is 4.67. The summed E-state index contributed by atoms with van der Waals surface area (Å²) in [7, 11) is 0. The summed E-state index contributed by atoms with van der Waals surface area (Å²) in [5.74, 6) is -0.104. The van der Waals surface area contributed by atoms with E-state index in [1.807, 2.05) is 27.7 Å². The van der Waals surface area contributed by atoms with Gasteiger partial charge in [0, 0.05) is 16.2 Å². The average Bonchev–Trinajstić information content (AvgIpc) is 2.19. The Balaban J connectivity index is 2.83. The van der Waals surface area contributed by atoms with Crippen LogP contribution in [0.25, 0.3) is 0 Å². The van der Waals surface area contributed by atoms with Gasteiger partial charge < -0.3 is 11.1 Å². The van der Waals surface area contributed by atoms with Gasteiger partial charge >= 0.3 is 0 Å². The molecule has 0 bridgehead atoms. The molecule has 1 rings (SSSR count). The van der Waals surface area contributed by atoms with E-state index in [9.17, 15) is 4.79 Å². The fourth-order valence-electron chi connectivity index (χ4n) is 1.11. The molecule has 0 unspecified atom stereocenters. The zero-order valence-electron chi connectivity index (χ0n) is 10.7. The summed E-state index contributed by atoms with van der Waals surface area (Å²) in [4.78, 5) is 12.1. The van der Waals surface area contributed by atoms with Gasteiger partial charge in [-0.05, 0) is 52.0 Å². The van der Waals surface area contributed by atoms with Crippen LogP contribution < -0.4 is 11.1 Å². The lowest BCUT2D eigenvalue weighted by Crippen LogP contribution is -2.53. The Hall–Kier alpha value is -1.06. The molecule has 1 amide bonds. The number of hydrogen-bond acceptors (Lipinski definition) is 2. The lowest BCUT2D eigenvalue weighted by Gasteiger charge is -2.36. The predicted molar refractivity (Wildman–Crippen MR) is 72.1 cm³/mol. The van der Waals surface area contributed by atoms with Crippen LogP contribution in [-0.4, -0.2) is 11.4 Å². The molecule has 4 heteroatoms. The van der Waals surface area contributed by atoms with E-state index in [-0.39, 0.29) is 5.91 Å². The molecule has 0 aliphatic heterocycles. The number of anilines is 1. The van der Waals surface area contributed by atoms with E-state index in [1.54, 1.807) is 24.3 Å². The smallest absolute Gasteiger partial charge is 0.231 e. The zero-order valence-corrected chi connectivity index (χ0v) is 11.4. The van der Waals surface area contributed by atoms with E-state index in [1.165, 1.54) is 0 Å². The fourth-order valence-corrected chi connectivity index (χ4v) is 1.24. The lowest BCUT2D eigenvalue weighted by atomic mass is 9.74. The first-order chi connectivity index (χ1) is 7.64. The minimum Gasteiger partial charge on any atom is -0.326 e. The van der Waals surface area contributed by atoms with Gasteiger partial charge in [-0.3, -0.25) is 4.79 Å². The minimum atomic E-state index is -0.660. The van der Waals surface area contributed by atoms with Crippen LogP contribution in [0.5, 0.6) is 0 Å². The monoisotopic (exact) mass is 254 g/mol. The molecule has 0 aliphatic rings. The molecule has 0 spiro atoms. The SMILES string of the molecule is CC(C)(N)C(C)(C)C(=O)Nc1ccc(Cl)cc1. The number of halogens is 1. The van der Waals surface area contributed by atoms with E-state index >= 15 is 0 Å². The van der Waals surface area contributed by atoms with E-state index in [4.69, 9.17) is 17.3 Å². The number of carbonyl (C=O) groups excluding carboxylic acids is 1. The first-order valence-electron chi connectivity index (χ1n) is 5.50. The highest BCUT2D eigenvalue weighted by Gasteiger charge is 2.40. The summed E-state index contributed by atoms with van der Waals surface area (Å²) in [6, 6.07) is 7.00. The Morgan fingerprint density at radius 2 is 1.65 bits per heavy atom. The van der Waals surface area contributed by atoms with Crippen LogP contribution in [-0.2, 0) is 4.79 Å². The van der Waals surface area contributed by atoms with Crippen LogP contribution >= 0.6 is 11.6 Å². The Morgan fingerprint density at radius 1 is 1.18 bits per heavy atom. The number of nitrogens with two attached hydrogens (primary N) is 1. The molecule has 0 atom stereocenters. The van der Waals surface area contributed by atoms with Crippen LogP contribution in [0.15, 0.2) is 24.3 Å². The van der Waals surface area contributed by atoms with Crippen molar-refractivity contribution < 1.29 is 4.79 Å². The lowest BCUT2D eigenvalue weighted by molar-refractivity contribution is -0.126. The average molecular weight is 255 g/mol. The second-order valence-electron chi connectivity index (χ2n) is 5.31. The van der Waals surface area contributed by atoms with Gasteiger partial charge in [-0.25, -0.2) is 0 Å². The van der Waals surface area contributed by atoms with Crippen molar-refractivity contribution in [2.24, 2.45) is 11.1 Å². The largest absolute Gasteiger partial charge is 0.326 e. The Kier molecular flexibility index (Phi) is 3.84. The highest BCUT2D eigenvalue weighted by Crippen LogP contribution is 2.29. The standard InChI is InChI=1S/C13H19ClN2O/c1-12(2,13(3,4)15)11(17)16-10-7-5-9(14)6-8-10/h5-8H,15H2,1-4H3,(H,16,17). The summed E-state index contributed by atoms with van der Waals surface area (Å²) < 4.78 is 0. The molecule has 0 saturated carbocycles. The number of rotatable bonds is 3. The number of nitrogens with one attached hydrogen (secondary N) is 1. The Bertz CT molecular complexity index is 404. The van der Waals surface area contributed by atoms with Crippen molar-refractivity contribution in [1.29, 1.82) is 0 Å². The van der Waals surface area contributed by atoms with Crippen molar-refractivity contribution in [1.82, 2.24) is 0 Å². The molecular formula is C13H19ClN2O. The highest BCUT2D eigenvalue weighted by molar-refractivity contribution is 6.30. The topological polar surface area (TPSA) is 55.1 Å². The molecule has 94 valence electrons. The predicted octanol–water partition coefficient (Wildman–Crippen LogP) is 3.04. The molecule has 0 aromatic heterocycles. The first-order valence-corrected chi connectivity index (χ1v) is 5.88. The fraction of sp³-hybridized carbons (Fsp3) is 0.462. The summed E-state index contributed by atoms with van der Waals surface area (Å²) in [6.07, 6.45) is 0. The molecule has 0 aliphatic carbocycles. The molecule has 0 fully saturated rings. The normalized spacial score (nSPS) is 12.4. The van der Waals surface area contributed by atoms with E-state index in [0.29, 0.717) is 5.02 Å². The third-order valence-electron chi connectivity index (χ3n) is 3.28. The summed E-state index contributed by atoms with van der Waals surface area (Å²) >= 11 is 5.78. The minimum absolute atomic E-state index is 0.104. The maximum absolute atomic E-state index is 12.1. The molecule has 0 radical (unpaired) electrons. The maximum atomic E-state index is 12.1.